The summed E-state index contributed by atoms with van der Waals surface area (Å²) in [4.78, 5) is 26.8. The number of nitrogens with one attached hydrogen (secondary N) is 2. The number of hydrogen-bond donors (Lipinski definition) is 2. The van der Waals surface area contributed by atoms with Crippen molar-refractivity contribution in [3.63, 3.8) is 0 Å². The lowest BCUT2D eigenvalue weighted by Gasteiger charge is -2.46. The van der Waals surface area contributed by atoms with Crippen LogP contribution in [0.3, 0.4) is 0 Å². The molecule has 8 nitrogen and oxygen atoms in total. The van der Waals surface area contributed by atoms with Crippen molar-refractivity contribution in [1.82, 2.24) is 19.4 Å². The third-order valence-corrected chi connectivity index (χ3v) is 6.80. The summed E-state index contributed by atoms with van der Waals surface area (Å²) in [6, 6.07) is 13.1. The number of nitrogens with zero attached hydrogens (tertiary/aromatic N) is 5. The summed E-state index contributed by atoms with van der Waals surface area (Å²) in [5.74, 6) is 1.27. The van der Waals surface area contributed by atoms with E-state index >= 15 is 0 Å². The number of pyridine rings is 1. The van der Waals surface area contributed by atoms with Crippen LogP contribution in [0.2, 0.25) is 0 Å². The Kier molecular flexibility index (Phi) is 5.20. The lowest BCUT2D eigenvalue weighted by molar-refractivity contribution is -0.147. The van der Waals surface area contributed by atoms with Crippen LogP contribution in [0.1, 0.15) is 25.7 Å². The highest BCUT2D eigenvalue weighted by Crippen LogP contribution is 2.41. The number of fused-ring (bicyclic) bond motifs is 1. The molecule has 1 aromatic carbocycles. The van der Waals surface area contributed by atoms with Gasteiger partial charge < -0.3 is 9.80 Å². The molecule has 1 amide bonds. The fourth-order valence-electron chi connectivity index (χ4n) is 4.97. The molecule has 0 bridgehead atoms. The van der Waals surface area contributed by atoms with E-state index in [1.165, 1.54) is 4.57 Å². The third-order valence-electron chi connectivity index (χ3n) is 6.80. The summed E-state index contributed by atoms with van der Waals surface area (Å²) >= 11 is 0. The van der Waals surface area contributed by atoms with Crippen LogP contribution in [0.4, 0.5) is 5.82 Å². The number of piperidine rings is 2. The van der Waals surface area contributed by atoms with Gasteiger partial charge in [0.1, 0.15) is 17.1 Å². The fourth-order valence-corrected chi connectivity index (χ4v) is 4.97. The molecule has 0 unspecified atom stereocenters. The summed E-state index contributed by atoms with van der Waals surface area (Å²) in [7, 11) is 0. The molecule has 164 valence electrons. The smallest absolute Gasteiger partial charge is 0.229 e. The van der Waals surface area contributed by atoms with Crippen LogP contribution >= 0.6 is 0 Å². The van der Waals surface area contributed by atoms with E-state index in [2.05, 4.69) is 9.88 Å². The van der Waals surface area contributed by atoms with Crippen LogP contribution in [-0.4, -0.2) is 57.4 Å². The topological polar surface area (TPSA) is 102 Å². The zero-order valence-electron chi connectivity index (χ0n) is 18.0. The van der Waals surface area contributed by atoms with Crippen LogP contribution in [0.15, 0.2) is 54.9 Å². The van der Waals surface area contributed by atoms with Crippen LogP contribution in [0.25, 0.3) is 11.0 Å². The summed E-state index contributed by atoms with van der Waals surface area (Å²) in [6.45, 7) is 2.45. The number of amides is 1. The molecule has 3 aromatic rings. The first-order chi connectivity index (χ1) is 15.6. The van der Waals surface area contributed by atoms with Crippen LogP contribution in [0, 0.1) is 16.2 Å². The number of para-hydroxylation sites is 2. The number of hydrogen-bond acceptors (Lipinski definition) is 6. The predicted octanol–water partition coefficient (Wildman–Crippen LogP) is 2.65. The van der Waals surface area contributed by atoms with E-state index in [1.54, 1.807) is 24.4 Å². The zero-order valence-corrected chi connectivity index (χ0v) is 18.0. The van der Waals surface area contributed by atoms with E-state index in [-0.39, 0.29) is 29.2 Å². The molecule has 5 rings (SSSR count). The first-order valence-corrected chi connectivity index (χ1v) is 11.1. The van der Waals surface area contributed by atoms with Gasteiger partial charge in [-0.05, 0) is 49.9 Å². The Morgan fingerprint density at radius 2 is 1.75 bits per heavy atom. The van der Waals surface area contributed by atoms with Gasteiger partial charge in [0, 0.05) is 25.8 Å². The fraction of sp³-hybridized carbons (Fsp3) is 0.375. The van der Waals surface area contributed by atoms with Gasteiger partial charge in [-0.3, -0.25) is 25.2 Å². The van der Waals surface area contributed by atoms with Gasteiger partial charge >= 0.3 is 0 Å². The van der Waals surface area contributed by atoms with Crippen molar-refractivity contribution in [1.29, 1.82) is 10.8 Å². The molecular weight excluding hydrogens is 402 g/mol. The highest BCUT2D eigenvalue weighted by molar-refractivity contribution is 5.90. The molecule has 4 heterocycles. The van der Waals surface area contributed by atoms with Crippen molar-refractivity contribution in [3.8, 4) is 0 Å². The SMILES string of the molecule is N=C(CN1CCCC2(CCN(c3cnc4ccccc4n3)CC2)C1=O)n1ccccc1=N. The molecule has 0 atom stereocenters. The van der Waals surface area contributed by atoms with E-state index in [9.17, 15) is 4.79 Å². The first-order valence-electron chi connectivity index (χ1n) is 11.1. The minimum absolute atomic E-state index is 0.154. The van der Waals surface area contributed by atoms with Crippen LogP contribution in [0.5, 0.6) is 0 Å². The van der Waals surface area contributed by atoms with E-state index < -0.39 is 0 Å². The Morgan fingerprint density at radius 1 is 1.00 bits per heavy atom. The number of carbonyl (C=O) groups excluding carboxylic acids is 1. The molecule has 2 aliphatic heterocycles. The van der Waals surface area contributed by atoms with Crippen LogP contribution in [-0.2, 0) is 4.79 Å². The zero-order chi connectivity index (χ0) is 22.1. The summed E-state index contributed by atoms with van der Waals surface area (Å²) in [6.07, 6.45) is 6.94. The summed E-state index contributed by atoms with van der Waals surface area (Å²) in [5.41, 5.74) is 1.67. The molecule has 0 aliphatic carbocycles. The Balaban J connectivity index is 1.28. The molecule has 2 aliphatic rings. The van der Waals surface area contributed by atoms with Crippen molar-refractivity contribution in [3.05, 3.63) is 60.3 Å². The van der Waals surface area contributed by atoms with Crippen LogP contribution < -0.4 is 10.4 Å². The largest absolute Gasteiger partial charge is 0.355 e. The predicted molar refractivity (Wildman–Crippen MR) is 123 cm³/mol. The molecule has 2 aromatic heterocycles. The normalized spacial score (nSPS) is 18.3. The maximum absolute atomic E-state index is 13.5. The molecule has 32 heavy (non-hydrogen) atoms. The maximum atomic E-state index is 13.5. The van der Waals surface area contributed by atoms with Crippen molar-refractivity contribution in [2.75, 3.05) is 31.1 Å². The first kappa shape index (κ1) is 20.4. The van der Waals surface area contributed by atoms with Gasteiger partial charge in [-0.2, -0.15) is 0 Å². The molecule has 0 saturated carbocycles. The maximum Gasteiger partial charge on any atom is 0.229 e. The molecule has 2 N–H and O–H groups in total. The van der Waals surface area contributed by atoms with Gasteiger partial charge in [0.2, 0.25) is 5.91 Å². The Labute approximate surface area is 186 Å². The minimum atomic E-state index is -0.357. The number of benzene rings is 1. The minimum Gasteiger partial charge on any atom is -0.355 e. The van der Waals surface area contributed by atoms with Gasteiger partial charge in [-0.1, -0.05) is 18.2 Å². The second-order valence-corrected chi connectivity index (χ2v) is 8.72. The average molecular weight is 430 g/mol. The van der Waals surface area contributed by atoms with Gasteiger partial charge in [0.05, 0.1) is 29.2 Å². The average Bonchev–Trinajstić information content (AvgIpc) is 2.82. The number of likely N-dealkylation sites (tertiary alicyclic amines) is 1. The highest BCUT2D eigenvalue weighted by atomic mass is 16.2. The summed E-state index contributed by atoms with van der Waals surface area (Å²) < 4.78 is 1.52. The lowest BCUT2D eigenvalue weighted by Crippen LogP contribution is -2.55. The molecule has 0 radical (unpaired) electrons. The quantitative estimate of drug-likeness (QED) is 0.494. The Morgan fingerprint density at radius 3 is 2.53 bits per heavy atom. The monoisotopic (exact) mass is 429 g/mol. The van der Waals surface area contributed by atoms with Gasteiger partial charge in [0.25, 0.3) is 0 Å². The second kappa shape index (κ2) is 8.18. The third kappa shape index (κ3) is 3.66. The highest BCUT2D eigenvalue weighted by Gasteiger charge is 2.46. The van der Waals surface area contributed by atoms with E-state index in [4.69, 9.17) is 15.8 Å². The number of carbonyl (C=O) groups is 1. The van der Waals surface area contributed by atoms with E-state index in [0.717, 1.165) is 55.6 Å². The second-order valence-electron chi connectivity index (χ2n) is 8.72. The Bertz CT molecular complexity index is 1230. The molecule has 2 fully saturated rings. The summed E-state index contributed by atoms with van der Waals surface area (Å²) in [5, 5.41) is 16.4. The van der Waals surface area contributed by atoms with Crippen molar-refractivity contribution in [2.24, 2.45) is 5.41 Å². The molecule has 1 spiro atoms. The number of rotatable bonds is 3. The van der Waals surface area contributed by atoms with Crippen molar-refractivity contribution >= 4 is 28.6 Å². The van der Waals surface area contributed by atoms with Crippen molar-refractivity contribution < 1.29 is 4.79 Å². The number of aromatic nitrogens is 3. The standard InChI is InChI=1S/C24H27N7O/c25-20-8-3-4-13-31(20)21(26)17-30-12-5-9-24(23(30)32)10-14-29(15-11-24)22-16-27-18-6-1-2-7-19(18)28-22/h1-4,6-8,13,16,25-26H,5,9-12,14-15,17H2. The van der Waals surface area contributed by atoms with Crippen molar-refractivity contribution in [2.45, 2.75) is 25.7 Å². The lowest BCUT2D eigenvalue weighted by atomic mass is 9.71. The molecule has 2 saturated heterocycles. The van der Waals surface area contributed by atoms with Gasteiger partial charge in [0.15, 0.2) is 0 Å². The van der Waals surface area contributed by atoms with Gasteiger partial charge in [-0.25, -0.2) is 4.98 Å². The number of anilines is 1. The molecule has 8 heteroatoms. The Hall–Kier alpha value is -3.55. The van der Waals surface area contributed by atoms with E-state index in [1.807, 2.05) is 35.4 Å². The van der Waals surface area contributed by atoms with E-state index in [0.29, 0.717) is 6.54 Å². The van der Waals surface area contributed by atoms with Gasteiger partial charge in [-0.15, -0.1) is 0 Å². The molecular formula is C24H27N7O.